The van der Waals surface area contributed by atoms with Crippen molar-refractivity contribution in [3.8, 4) is 0 Å². The van der Waals surface area contributed by atoms with Crippen LogP contribution in [0.25, 0.3) is 0 Å². The normalized spacial score (nSPS) is 19.2. The zero-order valence-electron chi connectivity index (χ0n) is 11.5. The summed E-state index contributed by atoms with van der Waals surface area (Å²) in [5.41, 5.74) is 2.04. The largest absolute Gasteiger partial charge is 0.371 e. The molecule has 1 unspecified atom stereocenters. The van der Waals surface area contributed by atoms with Gasteiger partial charge in [-0.1, -0.05) is 32.4 Å². The van der Waals surface area contributed by atoms with Gasteiger partial charge in [-0.15, -0.1) is 0 Å². The minimum atomic E-state index is 0.254. The summed E-state index contributed by atoms with van der Waals surface area (Å²) >= 11 is 0. The SMILES string of the molecule is CCCC1CCN(c2ccccc2C(=O)CC)C1. The molecule has 0 aromatic heterocycles. The standard InChI is InChI=1S/C16H23NO/c1-3-7-13-10-11-17(12-13)15-9-6-5-8-14(15)16(18)4-2/h5-6,8-9,13H,3-4,7,10-12H2,1-2H3. The lowest BCUT2D eigenvalue weighted by Crippen LogP contribution is -2.22. The predicted molar refractivity (Wildman–Crippen MR) is 76.3 cm³/mol. The average Bonchev–Trinajstić information content (AvgIpc) is 2.87. The van der Waals surface area contributed by atoms with Gasteiger partial charge in [0.15, 0.2) is 5.78 Å². The number of nitrogens with zero attached hydrogens (tertiary/aromatic N) is 1. The molecule has 1 saturated heterocycles. The molecule has 0 N–H and O–H groups in total. The highest BCUT2D eigenvalue weighted by atomic mass is 16.1. The van der Waals surface area contributed by atoms with Gasteiger partial charge in [-0.05, 0) is 30.9 Å². The highest BCUT2D eigenvalue weighted by Crippen LogP contribution is 2.29. The molecule has 2 nitrogen and oxygen atoms in total. The van der Waals surface area contributed by atoms with Crippen molar-refractivity contribution in [1.29, 1.82) is 0 Å². The Morgan fingerprint density at radius 3 is 2.83 bits per heavy atom. The Morgan fingerprint density at radius 2 is 2.11 bits per heavy atom. The van der Waals surface area contributed by atoms with Gasteiger partial charge in [0.05, 0.1) is 0 Å². The van der Waals surface area contributed by atoms with Gasteiger partial charge in [0.2, 0.25) is 0 Å². The molecule has 1 fully saturated rings. The molecule has 1 heterocycles. The number of hydrogen-bond acceptors (Lipinski definition) is 2. The third-order valence-electron chi connectivity index (χ3n) is 3.85. The number of para-hydroxylation sites is 1. The first-order chi connectivity index (χ1) is 8.76. The number of Topliss-reactive ketones (excluding diaryl/α,β-unsaturated/α-hetero) is 1. The first-order valence-corrected chi connectivity index (χ1v) is 7.13. The van der Waals surface area contributed by atoms with Crippen molar-refractivity contribution in [3.63, 3.8) is 0 Å². The second kappa shape index (κ2) is 6.03. The third kappa shape index (κ3) is 2.74. The minimum Gasteiger partial charge on any atom is -0.371 e. The van der Waals surface area contributed by atoms with E-state index in [0.29, 0.717) is 6.42 Å². The minimum absolute atomic E-state index is 0.254. The van der Waals surface area contributed by atoms with Gasteiger partial charge in [0.25, 0.3) is 0 Å². The molecule has 18 heavy (non-hydrogen) atoms. The van der Waals surface area contributed by atoms with Crippen LogP contribution in [0, 0.1) is 5.92 Å². The van der Waals surface area contributed by atoms with Gasteiger partial charge in [-0.2, -0.15) is 0 Å². The van der Waals surface area contributed by atoms with Crippen LogP contribution in [0.3, 0.4) is 0 Å². The Hall–Kier alpha value is -1.31. The lowest BCUT2D eigenvalue weighted by molar-refractivity contribution is 0.0988. The Bertz CT molecular complexity index is 413. The van der Waals surface area contributed by atoms with Crippen LogP contribution in [-0.4, -0.2) is 18.9 Å². The summed E-state index contributed by atoms with van der Waals surface area (Å²) in [6, 6.07) is 8.06. The Balaban J connectivity index is 2.16. The molecule has 1 aliphatic heterocycles. The van der Waals surface area contributed by atoms with Gasteiger partial charge >= 0.3 is 0 Å². The average molecular weight is 245 g/mol. The van der Waals surface area contributed by atoms with E-state index in [0.717, 1.165) is 30.3 Å². The monoisotopic (exact) mass is 245 g/mol. The molecule has 1 aromatic carbocycles. The molecule has 0 bridgehead atoms. The van der Waals surface area contributed by atoms with E-state index in [4.69, 9.17) is 0 Å². The summed E-state index contributed by atoms with van der Waals surface area (Å²) in [4.78, 5) is 14.4. The van der Waals surface area contributed by atoms with Crippen LogP contribution in [0.1, 0.15) is 49.9 Å². The summed E-state index contributed by atoms with van der Waals surface area (Å²) in [6.07, 6.45) is 4.42. The van der Waals surface area contributed by atoms with Gasteiger partial charge in [0, 0.05) is 30.8 Å². The smallest absolute Gasteiger partial charge is 0.164 e. The molecule has 0 amide bonds. The van der Waals surface area contributed by atoms with Gasteiger partial charge < -0.3 is 4.90 Å². The van der Waals surface area contributed by atoms with Crippen LogP contribution in [0.15, 0.2) is 24.3 Å². The molecule has 1 aromatic rings. The fourth-order valence-corrected chi connectivity index (χ4v) is 2.87. The number of carbonyl (C=O) groups excluding carboxylic acids is 1. The Morgan fingerprint density at radius 1 is 1.33 bits per heavy atom. The van der Waals surface area contributed by atoms with E-state index in [2.05, 4.69) is 17.9 Å². The predicted octanol–water partition coefficient (Wildman–Crippen LogP) is 3.91. The zero-order chi connectivity index (χ0) is 13.0. The molecule has 2 rings (SSSR count). The van der Waals surface area contributed by atoms with Crippen molar-refractivity contribution in [3.05, 3.63) is 29.8 Å². The van der Waals surface area contributed by atoms with Crippen molar-refractivity contribution in [2.75, 3.05) is 18.0 Å². The Labute approximate surface area is 110 Å². The lowest BCUT2D eigenvalue weighted by atomic mass is 10.0. The summed E-state index contributed by atoms with van der Waals surface area (Å²) in [7, 11) is 0. The summed E-state index contributed by atoms with van der Waals surface area (Å²) < 4.78 is 0. The van der Waals surface area contributed by atoms with Crippen LogP contribution in [0.2, 0.25) is 0 Å². The molecule has 0 radical (unpaired) electrons. The first kappa shape index (κ1) is 13.1. The Kier molecular flexibility index (Phi) is 4.40. The van der Waals surface area contributed by atoms with E-state index in [-0.39, 0.29) is 5.78 Å². The van der Waals surface area contributed by atoms with E-state index in [9.17, 15) is 4.79 Å². The fourth-order valence-electron chi connectivity index (χ4n) is 2.87. The number of ketones is 1. The molecule has 0 spiro atoms. The van der Waals surface area contributed by atoms with Crippen LogP contribution >= 0.6 is 0 Å². The molecular weight excluding hydrogens is 222 g/mol. The molecule has 1 aliphatic rings. The van der Waals surface area contributed by atoms with Gasteiger partial charge in [-0.3, -0.25) is 4.79 Å². The quantitative estimate of drug-likeness (QED) is 0.733. The molecule has 98 valence electrons. The van der Waals surface area contributed by atoms with Crippen LogP contribution in [0.4, 0.5) is 5.69 Å². The van der Waals surface area contributed by atoms with Crippen molar-refractivity contribution >= 4 is 11.5 Å². The van der Waals surface area contributed by atoms with E-state index >= 15 is 0 Å². The molecule has 2 heteroatoms. The molecule has 0 saturated carbocycles. The zero-order valence-corrected chi connectivity index (χ0v) is 11.5. The lowest BCUT2D eigenvalue weighted by Gasteiger charge is -2.21. The maximum atomic E-state index is 12.0. The van der Waals surface area contributed by atoms with Crippen molar-refractivity contribution in [1.82, 2.24) is 0 Å². The van der Waals surface area contributed by atoms with E-state index in [1.807, 2.05) is 25.1 Å². The second-order valence-corrected chi connectivity index (χ2v) is 5.18. The van der Waals surface area contributed by atoms with Gasteiger partial charge in [-0.25, -0.2) is 0 Å². The summed E-state index contributed by atoms with van der Waals surface area (Å²) in [5.74, 6) is 1.06. The van der Waals surface area contributed by atoms with Crippen LogP contribution in [-0.2, 0) is 0 Å². The topological polar surface area (TPSA) is 20.3 Å². The number of anilines is 1. The number of rotatable bonds is 5. The number of hydrogen-bond donors (Lipinski definition) is 0. The van der Waals surface area contributed by atoms with E-state index in [1.165, 1.54) is 19.3 Å². The fraction of sp³-hybridized carbons (Fsp3) is 0.562. The molecule has 0 aliphatic carbocycles. The third-order valence-corrected chi connectivity index (χ3v) is 3.85. The highest BCUT2D eigenvalue weighted by Gasteiger charge is 2.24. The maximum absolute atomic E-state index is 12.0. The van der Waals surface area contributed by atoms with Crippen LogP contribution in [0.5, 0.6) is 0 Å². The molecular formula is C16H23NO. The van der Waals surface area contributed by atoms with Crippen LogP contribution < -0.4 is 4.90 Å². The summed E-state index contributed by atoms with van der Waals surface area (Å²) in [5, 5.41) is 0. The van der Waals surface area contributed by atoms with Crippen molar-refractivity contribution in [2.45, 2.75) is 39.5 Å². The summed E-state index contributed by atoms with van der Waals surface area (Å²) in [6.45, 7) is 6.39. The van der Waals surface area contributed by atoms with Crippen molar-refractivity contribution < 1.29 is 4.79 Å². The maximum Gasteiger partial charge on any atom is 0.164 e. The number of carbonyl (C=O) groups is 1. The highest BCUT2D eigenvalue weighted by molar-refractivity contribution is 6.01. The number of benzene rings is 1. The van der Waals surface area contributed by atoms with E-state index < -0.39 is 0 Å². The molecule has 1 atom stereocenters. The van der Waals surface area contributed by atoms with Crippen molar-refractivity contribution in [2.24, 2.45) is 5.92 Å². The van der Waals surface area contributed by atoms with E-state index in [1.54, 1.807) is 0 Å². The first-order valence-electron chi connectivity index (χ1n) is 7.13. The van der Waals surface area contributed by atoms with Gasteiger partial charge in [0.1, 0.15) is 0 Å². The second-order valence-electron chi connectivity index (χ2n) is 5.18.